The number of phenols is 1. The third-order valence-corrected chi connectivity index (χ3v) is 3.40. The molecule has 0 fully saturated rings. The number of amides is 1. The zero-order valence-electron chi connectivity index (χ0n) is 13.6. The Labute approximate surface area is 139 Å². The van der Waals surface area contributed by atoms with E-state index in [-0.39, 0.29) is 11.7 Å². The topological polar surface area (TPSA) is 92.9 Å². The molecule has 7 heteroatoms. The molecule has 0 spiro atoms. The number of carbonyl (C=O) groups excluding carboxylic acids is 1. The molecule has 0 aliphatic heterocycles. The predicted octanol–water partition coefficient (Wildman–Crippen LogP) is 2.61. The van der Waals surface area contributed by atoms with Gasteiger partial charge >= 0.3 is 0 Å². The highest BCUT2D eigenvalue weighted by Crippen LogP contribution is 2.29. The van der Waals surface area contributed by atoms with Gasteiger partial charge in [-0.1, -0.05) is 12.1 Å². The van der Waals surface area contributed by atoms with Crippen molar-refractivity contribution < 1.29 is 9.90 Å². The van der Waals surface area contributed by atoms with E-state index in [1.165, 1.54) is 6.92 Å². The Kier molecular flexibility index (Phi) is 3.99. The summed E-state index contributed by atoms with van der Waals surface area (Å²) in [6.07, 6.45) is 0. The molecule has 0 bridgehead atoms. The summed E-state index contributed by atoms with van der Waals surface area (Å²) in [4.78, 5) is 20.2. The Balaban J connectivity index is 2.19. The van der Waals surface area contributed by atoms with Crippen molar-refractivity contribution in [2.24, 2.45) is 0 Å². The van der Waals surface area contributed by atoms with Crippen LogP contribution in [0.2, 0.25) is 0 Å². The van der Waals surface area contributed by atoms with Crippen LogP contribution >= 0.6 is 0 Å². The van der Waals surface area contributed by atoms with E-state index >= 15 is 0 Å². The van der Waals surface area contributed by atoms with Gasteiger partial charge in [-0.25, -0.2) is 9.67 Å². The van der Waals surface area contributed by atoms with E-state index in [0.717, 1.165) is 11.4 Å². The second-order valence-electron chi connectivity index (χ2n) is 5.48. The van der Waals surface area contributed by atoms with Crippen molar-refractivity contribution in [3.8, 4) is 23.0 Å². The SMILES string of the molecule is CC(=O)Nc1cc(-c2ccccc2O)nc(-n2nc(C)cc2C)n1. The number of nitrogens with one attached hydrogen (secondary N) is 1. The fourth-order valence-corrected chi connectivity index (χ4v) is 2.43. The predicted molar refractivity (Wildman–Crippen MR) is 90.0 cm³/mol. The van der Waals surface area contributed by atoms with Crippen LogP contribution in [-0.4, -0.2) is 30.8 Å². The fourth-order valence-electron chi connectivity index (χ4n) is 2.43. The van der Waals surface area contributed by atoms with Crippen LogP contribution in [0.3, 0.4) is 0 Å². The van der Waals surface area contributed by atoms with E-state index in [4.69, 9.17) is 0 Å². The van der Waals surface area contributed by atoms with Gasteiger partial charge in [-0.15, -0.1) is 0 Å². The lowest BCUT2D eigenvalue weighted by atomic mass is 10.1. The zero-order chi connectivity index (χ0) is 17.3. The first kappa shape index (κ1) is 15.7. The van der Waals surface area contributed by atoms with E-state index in [1.807, 2.05) is 19.9 Å². The molecule has 0 saturated heterocycles. The quantitative estimate of drug-likeness (QED) is 0.773. The summed E-state index contributed by atoms with van der Waals surface area (Å²) < 4.78 is 1.60. The van der Waals surface area contributed by atoms with Crippen LogP contribution in [0.15, 0.2) is 36.4 Å². The number of nitrogens with zero attached hydrogens (tertiary/aromatic N) is 4. The molecule has 122 valence electrons. The maximum absolute atomic E-state index is 11.4. The molecule has 0 aliphatic carbocycles. The van der Waals surface area contributed by atoms with Gasteiger partial charge in [-0.2, -0.15) is 10.1 Å². The van der Waals surface area contributed by atoms with Crippen molar-refractivity contribution in [2.45, 2.75) is 20.8 Å². The number of aromatic hydroxyl groups is 1. The Hall–Kier alpha value is -3.22. The van der Waals surface area contributed by atoms with Crippen LogP contribution in [0.4, 0.5) is 5.82 Å². The molecule has 3 rings (SSSR count). The average molecular weight is 323 g/mol. The smallest absolute Gasteiger partial charge is 0.253 e. The summed E-state index contributed by atoms with van der Waals surface area (Å²) in [5, 5.41) is 17.1. The molecule has 1 amide bonds. The van der Waals surface area contributed by atoms with Gasteiger partial charge in [0.05, 0.1) is 11.4 Å². The molecule has 1 aromatic carbocycles. The van der Waals surface area contributed by atoms with Gasteiger partial charge in [-0.05, 0) is 32.0 Å². The van der Waals surface area contributed by atoms with Gasteiger partial charge in [0, 0.05) is 24.2 Å². The van der Waals surface area contributed by atoms with Crippen molar-refractivity contribution in [3.05, 3.63) is 47.8 Å². The van der Waals surface area contributed by atoms with E-state index in [9.17, 15) is 9.90 Å². The zero-order valence-corrected chi connectivity index (χ0v) is 13.6. The lowest BCUT2D eigenvalue weighted by Crippen LogP contribution is -2.12. The molecule has 0 unspecified atom stereocenters. The lowest BCUT2D eigenvalue weighted by Gasteiger charge is -2.10. The summed E-state index contributed by atoms with van der Waals surface area (Å²) in [6, 6.07) is 10.4. The van der Waals surface area contributed by atoms with Crippen LogP contribution in [0.25, 0.3) is 17.2 Å². The molecular formula is C17H17N5O2. The van der Waals surface area contributed by atoms with Crippen LogP contribution in [-0.2, 0) is 4.79 Å². The number of phenolic OH excluding ortho intramolecular Hbond substituents is 1. The second-order valence-corrected chi connectivity index (χ2v) is 5.48. The lowest BCUT2D eigenvalue weighted by molar-refractivity contribution is -0.114. The number of hydrogen-bond donors (Lipinski definition) is 2. The Morgan fingerprint density at radius 2 is 1.92 bits per heavy atom. The highest BCUT2D eigenvalue weighted by molar-refractivity contribution is 5.88. The van der Waals surface area contributed by atoms with Crippen molar-refractivity contribution in [3.63, 3.8) is 0 Å². The standard InChI is InChI=1S/C17H17N5O2/c1-10-8-11(2)22(21-10)17-19-14(9-16(20-17)18-12(3)23)13-6-4-5-7-15(13)24/h4-9,24H,1-3H3,(H,18,19,20,23). The summed E-state index contributed by atoms with van der Waals surface area (Å²) in [5.74, 6) is 0.531. The molecule has 3 aromatic rings. The fraction of sp³-hybridized carbons (Fsp3) is 0.176. The maximum Gasteiger partial charge on any atom is 0.253 e. The Morgan fingerprint density at radius 1 is 1.17 bits per heavy atom. The number of carbonyl (C=O) groups is 1. The molecule has 0 saturated carbocycles. The molecule has 0 aliphatic rings. The first-order valence-electron chi connectivity index (χ1n) is 7.43. The number of hydrogen-bond acceptors (Lipinski definition) is 5. The molecule has 24 heavy (non-hydrogen) atoms. The number of aromatic nitrogens is 4. The van der Waals surface area contributed by atoms with Crippen molar-refractivity contribution >= 4 is 11.7 Å². The Morgan fingerprint density at radius 3 is 2.54 bits per heavy atom. The summed E-state index contributed by atoms with van der Waals surface area (Å²) >= 11 is 0. The third kappa shape index (κ3) is 3.10. The van der Waals surface area contributed by atoms with Gasteiger partial charge in [0.15, 0.2) is 0 Å². The normalized spacial score (nSPS) is 10.6. The summed E-state index contributed by atoms with van der Waals surface area (Å²) in [6.45, 7) is 5.18. The van der Waals surface area contributed by atoms with E-state index in [0.29, 0.717) is 23.0 Å². The number of aryl methyl sites for hydroxylation is 2. The van der Waals surface area contributed by atoms with Gasteiger partial charge in [0.25, 0.3) is 5.95 Å². The Bertz CT molecular complexity index is 917. The minimum Gasteiger partial charge on any atom is -0.507 e. The molecule has 2 aromatic heterocycles. The van der Waals surface area contributed by atoms with Crippen molar-refractivity contribution in [2.75, 3.05) is 5.32 Å². The van der Waals surface area contributed by atoms with Crippen LogP contribution in [0.1, 0.15) is 18.3 Å². The summed E-state index contributed by atoms with van der Waals surface area (Å²) in [5.41, 5.74) is 2.75. The van der Waals surface area contributed by atoms with E-state index in [2.05, 4.69) is 20.4 Å². The van der Waals surface area contributed by atoms with Crippen LogP contribution < -0.4 is 5.32 Å². The monoisotopic (exact) mass is 323 g/mol. The maximum atomic E-state index is 11.4. The molecule has 0 radical (unpaired) electrons. The molecule has 2 N–H and O–H groups in total. The molecular weight excluding hydrogens is 306 g/mol. The van der Waals surface area contributed by atoms with Crippen molar-refractivity contribution in [1.29, 1.82) is 0 Å². The molecule has 7 nitrogen and oxygen atoms in total. The second kappa shape index (κ2) is 6.11. The minimum atomic E-state index is -0.240. The average Bonchev–Trinajstić information content (AvgIpc) is 2.85. The number of para-hydroxylation sites is 1. The molecule has 2 heterocycles. The van der Waals surface area contributed by atoms with E-state index < -0.39 is 0 Å². The van der Waals surface area contributed by atoms with Gasteiger partial charge in [-0.3, -0.25) is 4.79 Å². The van der Waals surface area contributed by atoms with Gasteiger partial charge < -0.3 is 10.4 Å². The third-order valence-electron chi connectivity index (χ3n) is 3.40. The highest BCUT2D eigenvalue weighted by atomic mass is 16.3. The van der Waals surface area contributed by atoms with Crippen molar-refractivity contribution in [1.82, 2.24) is 19.7 Å². The number of rotatable bonds is 3. The molecule has 0 atom stereocenters. The minimum absolute atomic E-state index is 0.101. The van der Waals surface area contributed by atoms with Crippen LogP contribution in [0, 0.1) is 13.8 Å². The van der Waals surface area contributed by atoms with Gasteiger partial charge in [0.1, 0.15) is 11.6 Å². The largest absolute Gasteiger partial charge is 0.507 e. The summed E-state index contributed by atoms with van der Waals surface area (Å²) in [7, 11) is 0. The van der Waals surface area contributed by atoms with E-state index in [1.54, 1.807) is 35.0 Å². The number of anilines is 1. The number of benzene rings is 1. The van der Waals surface area contributed by atoms with Gasteiger partial charge in [0.2, 0.25) is 5.91 Å². The highest BCUT2D eigenvalue weighted by Gasteiger charge is 2.14. The first-order valence-corrected chi connectivity index (χ1v) is 7.43. The first-order chi connectivity index (χ1) is 11.4. The van der Waals surface area contributed by atoms with Crippen LogP contribution in [0.5, 0.6) is 5.75 Å².